The van der Waals surface area contributed by atoms with Gasteiger partial charge in [0.2, 0.25) is 0 Å². The van der Waals surface area contributed by atoms with Gasteiger partial charge in [0.05, 0.1) is 19.8 Å². The van der Waals surface area contributed by atoms with Crippen molar-refractivity contribution in [3.8, 4) is 5.75 Å². The van der Waals surface area contributed by atoms with E-state index in [2.05, 4.69) is 10.6 Å². The van der Waals surface area contributed by atoms with Crippen LogP contribution in [0.2, 0.25) is 5.02 Å². The van der Waals surface area contributed by atoms with Gasteiger partial charge in [-0.2, -0.15) is 0 Å². The van der Waals surface area contributed by atoms with E-state index in [1.165, 1.54) is 7.11 Å². The van der Waals surface area contributed by atoms with E-state index in [1.807, 2.05) is 31.2 Å². The molecule has 2 rings (SSSR count). The number of quaternary nitrogens is 1. The fourth-order valence-corrected chi connectivity index (χ4v) is 2.68. The van der Waals surface area contributed by atoms with Gasteiger partial charge in [-0.3, -0.25) is 9.59 Å². The molecule has 1 unspecified atom stereocenters. The summed E-state index contributed by atoms with van der Waals surface area (Å²) in [5, 5.41) is 6.10. The number of anilines is 2. The molecule has 1 atom stereocenters. The second kappa shape index (κ2) is 9.22. The third kappa shape index (κ3) is 6.06. The van der Waals surface area contributed by atoms with Gasteiger partial charge in [0.25, 0.3) is 11.8 Å². The Morgan fingerprint density at radius 2 is 1.77 bits per heavy atom. The molecule has 26 heavy (non-hydrogen) atoms. The van der Waals surface area contributed by atoms with Crippen LogP contribution in [0.25, 0.3) is 0 Å². The number of hydrogen-bond donors (Lipinski definition) is 3. The first-order valence-corrected chi connectivity index (χ1v) is 8.56. The molecule has 0 fully saturated rings. The summed E-state index contributed by atoms with van der Waals surface area (Å²) < 4.78 is 5.20. The summed E-state index contributed by atoms with van der Waals surface area (Å²) in [6.45, 7) is 2.27. The maximum atomic E-state index is 12.2. The van der Waals surface area contributed by atoms with Crippen molar-refractivity contribution in [1.82, 2.24) is 0 Å². The Morgan fingerprint density at radius 1 is 1.08 bits per heavy atom. The van der Waals surface area contributed by atoms with E-state index in [-0.39, 0.29) is 24.9 Å². The minimum Gasteiger partial charge on any atom is -0.495 e. The van der Waals surface area contributed by atoms with Crippen LogP contribution in [0.5, 0.6) is 5.75 Å². The van der Waals surface area contributed by atoms with E-state index in [4.69, 9.17) is 16.3 Å². The number of nitrogens with one attached hydrogen (secondary N) is 3. The summed E-state index contributed by atoms with van der Waals surface area (Å²) in [6.07, 6.45) is 0. The molecule has 3 N–H and O–H groups in total. The molecule has 0 bridgehead atoms. The number of carbonyl (C=O) groups is 2. The van der Waals surface area contributed by atoms with Crippen molar-refractivity contribution in [3.05, 3.63) is 53.1 Å². The number of rotatable bonds is 7. The molecule has 138 valence electrons. The van der Waals surface area contributed by atoms with E-state index in [0.717, 1.165) is 16.2 Å². The topological polar surface area (TPSA) is 71.9 Å². The number of amides is 2. The van der Waals surface area contributed by atoms with Crippen LogP contribution in [0.1, 0.15) is 5.56 Å². The summed E-state index contributed by atoms with van der Waals surface area (Å²) in [5.74, 6) is 0.144. The van der Waals surface area contributed by atoms with Gasteiger partial charge in [-0.05, 0) is 42.8 Å². The lowest BCUT2D eigenvalue weighted by Gasteiger charge is -2.15. The number of aryl methyl sites for hydroxylation is 1. The van der Waals surface area contributed by atoms with Crippen LogP contribution < -0.4 is 20.3 Å². The van der Waals surface area contributed by atoms with E-state index in [9.17, 15) is 9.59 Å². The molecule has 0 aliphatic heterocycles. The zero-order chi connectivity index (χ0) is 19.1. The highest BCUT2D eigenvalue weighted by atomic mass is 35.5. The molecule has 0 aromatic heterocycles. The van der Waals surface area contributed by atoms with Gasteiger partial charge in [-0.1, -0.05) is 23.7 Å². The van der Waals surface area contributed by atoms with Crippen LogP contribution >= 0.6 is 11.6 Å². The van der Waals surface area contributed by atoms with Gasteiger partial charge in [0, 0.05) is 10.7 Å². The second-order valence-electron chi connectivity index (χ2n) is 6.12. The first kappa shape index (κ1) is 19.8. The van der Waals surface area contributed by atoms with Crippen LogP contribution in [-0.2, 0) is 9.59 Å². The van der Waals surface area contributed by atoms with Crippen molar-refractivity contribution in [2.75, 3.05) is 37.9 Å². The Morgan fingerprint density at radius 3 is 2.42 bits per heavy atom. The van der Waals surface area contributed by atoms with Crippen molar-refractivity contribution < 1.29 is 19.2 Å². The van der Waals surface area contributed by atoms with Crippen LogP contribution in [0.4, 0.5) is 11.4 Å². The first-order valence-electron chi connectivity index (χ1n) is 8.18. The average Bonchev–Trinajstić information content (AvgIpc) is 2.54. The van der Waals surface area contributed by atoms with Crippen LogP contribution in [-0.4, -0.2) is 39.1 Å². The normalized spacial score (nSPS) is 11.5. The maximum Gasteiger partial charge on any atom is 0.279 e. The molecular formula is C19H23ClN3O3+. The highest BCUT2D eigenvalue weighted by Crippen LogP contribution is 2.27. The summed E-state index contributed by atoms with van der Waals surface area (Å²) in [7, 11) is 3.30. The molecule has 0 aliphatic rings. The lowest BCUT2D eigenvalue weighted by molar-refractivity contribution is -0.862. The molecule has 7 heteroatoms. The average molecular weight is 377 g/mol. The monoisotopic (exact) mass is 376 g/mol. The molecule has 0 saturated heterocycles. The van der Waals surface area contributed by atoms with Gasteiger partial charge in [0.1, 0.15) is 5.75 Å². The molecule has 0 heterocycles. The van der Waals surface area contributed by atoms with Gasteiger partial charge in [0.15, 0.2) is 13.1 Å². The number of hydrogen-bond acceptors (Lipinski definition) is 3. The molecular weight excluding hydrogens is 354 g/mol. The lowest BCUT2D eigenvalue weighted by atomic mass is 10.2. The number of likely N-dealkylation sites (N-methyl/N-ethyl adjacent to an activating group) is 1. The largest absolute Gasteiger partial charge is 0.495 e. The van der Waals surface area contributed by atoms with Crippen LogP contribution in [0.3, 0.4) is 0 Å². The smallest absolute Gasteiger partial charge is 0.279 e. The third-order valence-electron chi connectivity index (χ3n) is 3.66. The number of ether oxygens (including phenoxy) is 1. The maximum absolute atomic E-state index is 12.2. The van der Waals surface area contributed by atoms with Gasteiger partial charge in [-0.15, -0.1) is 0 Å². The Hall–Kier alpha value is -2.57. The highest BCUT2D eigenvalue weighted by molar-refractivity contribution is 6.31. The van der Waals surface area contributed by atoms with Crippen molar-refractivity contribution in [2.24, 2.45) is 0 Å². The zero-order valence-electron chi connectivity index (χ0n) is 15.1. The number of methoxy groups -OCH3 is 1. The summed E-state index contributed by atoms with van der Waals surface area (Å²) in [4.78, 5) is 25.1. The SMILES string of the molecule is COc1ccc(Cl)cc1NC(=O)C[NH+](C)CC(=O)Nc1cccc(C)c1. The Balaban J connectivity index is 1.87. The zero-order valence-corrected chi connectivity index (χ0v) is 15.8. The van der Waals surface area contributed by atoms with Crippen molar-refractivity contribution in [2.45, 2.75) is 6.92 Å². The minimum atomic E-state index is -0.230. The lowest BCUT2D eigenvalue weighted by Crippen LogP contribution is -3.11. The minimum absolute atomic E-state index is 0.136. The molecule has 2 aromatic rings. The quantitative estimate of drug-likeness (QED) is 0.689. The number of carbonyl (C=O) groups excluding carboxylic acids is 2. The molecule has 0 aliphatic carbocycles. The summed E-state index contributed by atoms with van der Waals surface area (Å²) in [5.41, 5.74) is 2.32. The first-order chi connectivity index (χ1) is 12.4. The number of halogens is 1. The predicted molar refractivity (Wildman–Crippen MR) is 103 cm³/mol. The van der Waals surface area contributed by atoms with E-state index in [0.29, 0.717) is 16.5 Å². The molecule has 0 radical (unpaired) electrons. The van der Waals surface area contributed by atoms with Crippen molar-refractivity contribution in [3.63, 3.8) is 0 Å². The molecule has 0 saturated carbocycles. The fourth-order valence-electron chi connectivity index (χ4n) is 2.51. The standard InChI is InChI=1S/C19H22ClN3O3/c1-13-5-4-6-15(9-13)21-18(24)11-23(2)12-19(25)22-16-10-14(20)7-8-17(16)26-3/h4-10H,11-12H2,1-3H3,(H,21,24)(H,22,25)/p+1. The number of benzene rings is 2. The van der Waals surface area contributed by atoms with Gasteiger partial charge >= 0.3 is 0 Å². The van der Waals surface area contributed by atoms with Crippen molar-refractivity contribution >= 4 is 34.8 Å². The van der Waals surface area contributed by atoms with Gasteiger partial charge < -0.3 is 20.3 Å². The Kier molecular flexibility index (Phi) is 7.00. The van der Waals surface area contributed by atoms with E-state index < -0.39 is 0 Å². The van der Waals surface area contributed by atoms with Crippen LogP contribution in [0.15, 0.2) is 42.5 Å². The molecule has 2 amide bonds. The van der Waals surface area contributed by atoms with Gasteiger partial charge in [-0.25, -0.2) is 0 Å². The fraction of sp³-hybridized carbons (Fsp3) is 0.263. The summed E-state index contributed by atoms with van der Waals surface area (Å²) >= 11 is 5.95. The van der Waals surface area contributed by atoms with Crippen molar-refractivity contribution in [1.29, 1.82) is 0 Å². The molecule has 2 aromatic carbocycles. The summed E-state index contributed by atoms with van der Waals surface area (Å²) in [6, 6.07) is 12.6. The Labute approximate surface area is 158 Å². The van der Waals surface area contributed by atoms with E-state index >= 15 is 0 Å². The second-order valence-corrected chi connectivity index (χ2v) is 6.56. The predicted octanol–water partition coefficient (Wildman–Crippen LogP) is 1.75. The highest BCUT2D eigenvalue weighted by Gasteiger charge is 2.16. The van der Waals surface area contributed by atoms with Crippen LogP contribution in [0, 0.1) is 6.92 Å². The van der Waals surface area contributed by atoms with E-state index in [1.54, 1.807) is 25.2 Å². The Bertz CT molecular complexity index is 795. The molecule has 6 nitrogen and oxygen atoms in total. The third-order valence-corrected chi connectivity index (χ3v) is 3.90. The molecule has 0 spiro atoms.